The molecule has 4 saturated heterocycles. The van der Waals surface area contributed by atoms with Crippen molar-refractivity contribution < 1.29 is 76.8 Å². The minimum atomic E-state index is -1.50. The number of benzene rings is 1. The van der Waals surface area contributed by atoms with Gasteiger partial charge in [-0.05, 0) is 125 Å². The zero-order valence-electron chi connectivity index (χ0n) is 49.8. The number of cyclic esters (lactones) is 1. The Morgan fingerprint density at radius 3 is 2.15 bits per heavy atom. The molecule has 1 saturated carbocycles. The number of carbonyl (C=O) groups excluding carboxylic acids is 4. The fourth-order valence-corrected chi connectivity index (χ4v) is 14.7. The van der Waals surface area contributed by atoms with Crippen LogP contribution in [0.3, 0.4) is 0 Å². The van der Waals surface area contributed by atoms with Crippen LogP contribution in [0.25, 0.3) is 0 Å². The van der Waals surface area contributed by atoms with Gasteiger partial charge in [-0.25, -0.2) is 0 Å². The summed E-state index contributed by atoms with van der Waals surface area (Å²) in [6.07, 6.45) is -0.312. The van der Waals surface area contributed by atoms with Crippen LogP contribution in [-0.4, -0.2) is 181 Å². The molecule has 5 fully saturated rings. The lowest BCUT2D eigenvalue weighted by molar-refractivity contribution is -0.319. The number of aromatic nitrogens is 1. The predicted octanol–water partition coefficient (Wildman–Crippen LogP) is 7.43. The van der Waals surface area contributed by atoms with Crippen molar-refractivity contribution in [2.24, 2.45) is 29.6 Å². The maximum Gasteiger partial charge on any atom is 0.320 e. The highest BCUT2D eigenvalue weighted by molar-refractivity contribution is 8.00. The van der Waals surface area contributed by atoms with Gasteiger partial charge in [-0.1, -0.05) is 27.7 Å². The lowest BCUT2D eigenvalue weighted by atomic mass is 9.70. The zero-order valence-corrected chi connectivity index (χ0v) is 50.6. The van der Waals surface area contributed by atoms with E-state index in [4.69, 9.17) is 47.4 Å². The number of methoxy groups -OCH3 is 3. The number of carbonyl (C=O) groups is 4. The molecule has 2 N–H and O–H groups in total. The van der Waals surface area contributed by atoms with E-state index in [1.807, 2.05) is 59.7 Å². The molecular formula is C60H91N3O16S. The summed E-state index contributed by atoms with van der Waals surface area (Å²) in [5, 5.41) is 22.2. The average molecular weight is 1140 g/mol. The minimum absolute atomic E-state index is 0.0221. The number of rotatable bonds is 17. The molecule has 1 amide bonds. The van der Waals surface area contributed by atoms with Gasteiger partial charge in [0.1, 0.15) is 29.3 Å². The number of fused-ring (bicyclic) bond motifs is 1. The van der Waals surface area contributed by atoms with Gasteiger partial charge in [0.15, 0.2) is 29.7 Å². The van der Waals surface area contributed by atoms with E-state index in [1.165, 1.54) is 26.0 Å². The Labute approximate surface area is 478 Å². The summed E-state index contributed by atoms with van der Waals surface area (Å²) in [6, 6.07) is 8.38. The highest BCUT2D eigenvalue weighted by Crippen LogP contribution is 2.50. The number of Topliss-reactive ketones (excluding diaryl/α,β-unsaturated/α-hetero) is 1. The quantitative estimate of drug-likeness (QED) is 0.147. The monoisotopic (exact) mass is 1140 g/mol. The molecule has 19 atom stereocenters. The van der Waals surface area contributed by atoms with Gasteiger partial charge in [0.2, 0.25) is 0 Å². The summed E-state index contributed by atoms with van der Waals surface area (Å²) in [5.74, 6) is -4.62. The van der Waals surface area contributed by atoms with Gasteiger partial charge < -0.3 is 67.4 Å². The molecule has 1 aliphatic carbocycles. The highest BCUT2D eigenvalue weighted by Gasteiger charge is 2.62. The number of pyridine rings is 1. The van der Waals surface area contributed by atoms with E-state index < -0.39 is 113 Å². The third-order valence-electron chi connectivity index (χ3n) is 18.1. The van der Waals surface area contributed by atoms with E-state index in [-0.39, 0.29) is 61.5 Å². The molecule has 80 heavy (non-hydrogen) atoms. The molecular weight excluding hydrogens is 1050 g/mol. The van der Waals surface area contributed by atoms with Gasteiger partial charge in [0, 0.05) is 92.4 Å². The maximum absolute atomic E-state index is 15.4. The number of hydrogen-bond donors (Lipinski definition) is 2. The van der Waals surface area contributed by atoms with Crippen molar-refractivity contribution in [2.75, 3.05) is 52.6 Å². The molecule has 1 aromatic carbocycles. The molecule has 2 aromatic rings. The lowest BCUT2D eigenvalue weighted by Gasteiger charge is -2.50. The molecule has 0 spiro atoms. The van der Waals surface area contributed by atoms with Gasteiger partial charge in [0.25, 0.3) is 5.91 Å². The maximum atomic E-state index is 15.4. The second-order valence-electron chi connectivity index (χ2n) is 23.9. The summed E-state index contributed by atoms with van der Waals surface area (Å²) < 4.78 is 64.4. The molecule has 0 unspecified atom stereocenters. The molecule has 7 rings (SSSR count). The molecule has 0 radical (unpaired) electrons. The van der Waals surface area contributed by atoms with Crippen LogP contribution in [0.2, 0.25) is 0 Å². The zero-order chi connectivity index (χ0) is 58.6. The van der Waals surface area contributed by atoms with Crippen molar-refractivity contribution in [3.8, 4) is 11.5 Å². The number of ketones is 1. The molecule has 0 bridgehead atoms. The van der Waals surface area contributed by atoms with Crippen molar-refractivity contribution >= 4 is 41.1 Å². The number of hydrogen-bond acceptors (Lipinski definition) is 19. The molecule has 4 aliphatic heterocycles. The Kier molecular flexibility index (Phi) is 21.3. The third kappa shape index (κ3) is 13.5. The van der Waals surface area contributed by atoms with Crippen LogP contribution in [0.1, 0.15) is 131 Å². The summed E-state index contributed by atoms with van der Waals surface area (Å²) in [7, 11) is 8.41. The van der Waals surface area contributed by atoms with E-state index in [1.54, 1.807) is 83.3 Å². The average Bonchev–Trinajstić information content (AvgIpc) is 4.06. The summed E-state index contributed by atoms with van der Waals surface area (Å²) in [6.45, 7) is 18.2. The Morgan fingerprint density at radius 2 is 1.52 bits per heavy atom. The number of amides is 1. The van der Waals surface area contributed by atoms with Crippen molar-refractivity contribution in [2.45, 2.75) is 210 Å². The number of aliphatic hydroxyl groups excluding tert-OH is 2. The number of thioether (sulfide) groups is 1. The van der Waals surface area contributed by atoms with Crippen molar-refractivity contribution in [3.63, 3.8) is 0 Å². The fraction of sp³-hybridized carbons (Fsp3) is 0.750. The van der Waals surface area contributed by atoms with Gasteiger partial charge in [-0.2, -0.15) is 0 Å². The van der Waals surface area contributed by atoms with Crippen LogP contribution < -0.4 is 14.4 Å². The topological polar surface area (TPSA) is 220 Å². The molecule has 5 aliphatic rings. The molecule has 448 valence electrons. The number of aliphatic hydroxyl groups is 2. The van der Waals surface area contributed by atoms with E-state index in [0.29, 0.717) is 29.2 Å². The molecule has 19 nitrogen and oxygen atoms in total. The van der Waals surface area contributed by atoms with Crippen LogP contribution in [0.15, 0.2) is 42.7 Å². The standard InChI is InChI=1S/C60H91N3O16S/c1-16-45-60(10)47(51(56(69)79-60)80-28-27-63(54(67)39-23-25-61-26-24-39)40-21-22-43(70-13)44(30-40)75-41-19-17-18-20-41)35(4)48(64)33(2)31-59(9,72-15)53(78-57-49(65)42(62(11)12)29-34(3)73-57)36(5)50(37(6)55(68)76-45)77-46-32-58(8,71-14)52(66)38(7)74-46/h21-26,30,33-38,41-42,45-47,49-53,57,65-66H,16-20,27-29,31-32H2,1-15H3/t33-,34-,35-,36+,37-,38+,42+,45-,46+,47+,49-,50+,51+,52+,53-,57+,58-,59-,60-/m1/s1. The van der Waals surface area contributed by atoms with Crippen LogP contribution in [0, 0.1) is 29.6 Å². The highest BCUT2D eigenvalue weighted by atomic mass is 32.2. The Bertz CT molecular complexity index is 2420. The van der Waals surface area contributed by atoms with E-state index in [0.717, 1.165) is 25.7 Å². The van der Waals surface area contributed by atoms with Gasteiger partial charge >= 0.3 is 11.9 Å². The minimum Gasteiger partial charge on any atom is -0.493 e. The van der Waals surface area contributed by atoms with E-state index in [2.05, 4.69) is 4.98 Å². The number of anilines is 1. The van der Waals surface area contributed by atoms with Crippen molar-refractivity contribution in [1.82, 2.24) is 9.88 Å². The third-order valence-corrected chi connectivity index (χ3v) is 19.4. The van der Waals surface area contributed by atoms with Crippen molar-refractivity contribution in [1.29, 1.82) is 0 Å². The lowest BCUT2D eigenvalue weighted by Crippen LogP contribution is -2.61. The SMILES string of the molecule is CC[C@H]1OC(=O)[C@H](C)[C@@H](O[C@H]2C[C@@](C)(OC)[C@@H](O)[C@H](C)O2)[C@H](C)[C@@H](O[C@@H]2O[C@H](C)C[C@H](N(C)C)[C@H]2O)[C@](C)(OC)C[C@@H](C)C(=O)[C@H](C)[C@H]2[C@H](SCCN(C(=O)c3ccncc3)c3ccc(OC)c(OC4CCCC4)c3)C(=O)O[C@@]21C. The predicted molar refractivity (Wildman–Crippen MR) is 300 cm³/mol. The van der Waals surface area contributed by atoms with Crippen molar-refractivity contribution in [3.05, 3.63) is 48.3 Å². The number of ether oxygens (including phenoxy) is 10. The summed E-state index contributed by atoms with van der Waals surface area (Å²) in [5.41, 5.74) is -2.93. The van der Waals surface area contributed by atoms with Gasteiger partial charge in [-0.15, -0.1) is 11.8 Å². The first kappa shape index (κ1) is 63.6. The molecule has 20 heteroatoms. The number of likely N-dealkylation sites (N-methyl/N-ethyl adjacent to an activating group) is 1. The van der Waals surface area contributed by atoms with Crippen LogP contribution in [0.4, 0.5) is 5.69 Å². The Morgan fingerprint density at radius 1 is 0.850 bits per heavy atom. The molecule has 1 aromatic heterocycles. The van der Waals surface area contributed by atoms with E-state index in [9.17, 15) is 19.8 Å². The van der Waals surface area contributed by atoms with Gasteiger partial charge in [0.05, 0.1) is 54.7 Å². The summed E-state index contributed by atoms with van der Waals surface area (Å²) in [4.78, 5) is 67.6. The number of esters is 2. The second kappa shape index (κ2) is 26.7. The number of nitrogens with zero attached hydrogens (tertiary/aromatic N) is 3. The van der Waals surface area contributed by atoms with Gasteiger partial charge in [-0.3, -0.25) is 24.2 Å². The Hall–Kier alpha value is -3.96. The second-order valence-corrected chi connectivity index (χ2v) is 25.2. The summed E-state index contributed by atoms with van der Waals surface area (Å²) >= 11 is 1.29. The van der Waals surface area contributed by atoms with Crippen LogP contribution in [-0.2, 0) is 52.3 Å². The molecule has 5 heterocycles. The normalized spacial score (nSPS) is 38.5. The first-order chi connectivity index (χ1) is 37.8. The van der Waals surface area contributed by atoms with Crippen LogP contribution in [0.5, 0.6) is 11.5 Å². The smallest absolute Gasteiger partial charge is 0.320 e. The Balaban J connectivity index is 1.26. The van der Waals surface area contributed by atoms with Crippen LogP contribution >= 0.6 is 11.8 Å². The fourth-order valence-electron chi connectivity index (χ4n) is 13.3. The first-order valence-corrected chi connectivity index (χ1v) is 29.8. The largest absolute Gasteiger partial charge is 0.493 e. The first-order valence-electron chi connectivity index (χ1n) is 28.7. The van der Waals surface area contributed by atoms with E-state index >= 15 is 9.59 Å².